The van der Waals surface area contributed by atoms with Crippen LogP contribution < -0.4 is 25.4 Å². The molecule has 0 unspecified atom stereocenters. The zero-order valence-corrected chi connectivity index (χ0v) is 27.4. The summed E-state index contributed by atoms with van der Waals surface area (Å²) in [4.78, 5) is 61.2. The van der Waals surface area contributed by atoms with Gasteiger partial charge in [-0.05, 0) is 62.4 Å². The van der Waals surface area contributed by atoms with Gasteiger partial charge in [-0.2, -0.15) is 0 Å². The highest BCUT2D eigenvalue weighted by molar-refractivity contribution is 6.00. The number of amides is 2. The normalized spacial score (nSPS) is 12.8. The second kappa shape index (κ2) is 16.6. The zero-order chi connectivity index (χ0) is 35.5. The quantitative estimate of drug-likeness (QED) is 0.0907. The first kappa shape index (κ1) is 35.7. The molecule has 0 radical (unpaired) electrons. The molecular formula is C35H36N4O10. The van der Waals surface area contributed by atoms with Crippen LogP contribution in [0.2, 0.25) is 0 Å². The highest BCUT2D eigenvalue weighted by atomic mass is 16.6. The number of ether oxygens (including phenoxy) is 4. The topological polar surface area (TPSA) is 184 Å². The molecule has 0 saturated heterocycles. The van der Waals surface area contributed by atoms with Crippen LogP contribution >= 0.6 is 0 Å². The number of rotatable bonds is 14. The molecular weight excluding hydrogens is 636 g/mol. The van der Waals surface area contributed by atoms with E-state index < -0.39 is 22.8 Å². The maximum atomic E-state index is 13.6. The molecule has 0 aliphatic carbocycles. The summed E-state index contributed by atoms with van der Waals surface area (Å²) >= 11 is 0. The van der Waals surface area contributed by atoms with Crippen LogP contribution in [0.15, 0.2) is 95.3 Å². The lowest BCUT2D eigenvalue weighted by molar-refractivity contribution is -0.385. The van der Waals surface area contributed by atoms with E-state index in [-0.39, 0.29) is 60.6 Å². The number of esters is 2. The van der Waals surface area contributed by atoms with Crippen molar-refractivity contribution in [3.05, 3.63) is 111 Å². The van der Waals surface area contributed by atoms with Gasteiger partial charge in [-0.15, -0.1) is 0 Å². The van der Waals surface area contributed by atoms with Gasteiger partial charge in [0, 0.05) is 48.2 Å². The predicted molar refractivity (Wildman–Crippen MR) is 179 cm³/mol. The van der Waals surface area contributed by atoms with Crippen molar-refractivity contribution < 1.29 is 43.0 Å². The molecule has 49 heavy (non-hydrogen) atoms. The molecule has 0 fully saturated rings. The molecule has 3 N–H and O–H groups in total. The summed E-state index contributed by atoms with van der Waals surface area (Å²) in [5, 5.41) is 20.4. The van der Waals surface area contributed by atoms with Gasteiger partial charge >= 0.3 is 11.9 Å². The van der Waals surface area contributed by atoms with Crippen molar-refractivity contribution in [2.45, 2.75) is 33.6 Å². The van der Waals surface area contributed by atoms with Crippen LogP contribution in [0.5, 0.6) is 11.5 Å². The molecule has 0 spiro atoms. The Morgan fingerprint density at radius 1 is 0.694 bits per heavy atom. The number of nitrogens with zero attached hydrogens (tertiary/aromatic N) is 1. The molecule has 1 aliphatic heterocycles. The Morgan fingerprint density at radius 2 is 1.12 bits per heavy atom. The van der Waals surface area contributed by atoms with E-state index in [0.29, 0.717) is 34.3 Å². The van der Waals surface area contributed by atoms with Crippen molar-refractivity contribution in [1.29, 1.82) is 0 Å². The van der Waals surface area contributed by atoms with Crippen molar-refractivity contribution in [2.24, 2.45) is 0 Å². The molecule has 4 rings (SSSR count). The number of hydrogen-bond donors (Lipinski definition) is 3. The van der Waals surface area contributed by atoms with Crippen LogP contribution in [0.25, 0.3) is 0 Å². The largest absolute Gasteiger partial charge is 0.490 e. The van der Waals surface area contributed by atoms with E-state index in [2.05, 4.69) is 16.0 Å². The van der Waals surface area contributed by atoms with Crippen molar-refractivity contribution in [2.75, 3.05) is 37.1 Å². The number of nitrogens with one attached hydrogen (secondary N) is 3. The third-order valence-electron chi connectivity index (χ3n) is 7.16. The lowest BCUT2D eigenvalue weighted by Gasteiger charge is -2.30. The number of carbonyl (C=O) groups excluding carboxylic acids is 4. The Balaban J connectivity index is 1.47. The Morgan fingerprint density at radius 3 is 1.53 bits per heavy atom. The number of allylic oxidation sites excluding steroid dienone is 2. The molecule has 0 atom stereocenters. The van der Waals surface area contributed by atoms with Gasteiger partial charge in [0.05, 0.1) is 22.0 Å². The first-order valence-electron chi connectivity index (χ1n) is 15.2. The summed E-state index contributed by atoms with van der Waals surface area (Å²) in [6, 6.07) is 19.1. The molecule has 0 aromatic heterocycles. The van der Waals surface area contributed by atoms with Crippen LogP contribution in [0.4, 0.5) is 17.1 Å². The van der Waals surface area contributed by atoms with Gasteiger partial charge in [-0.3, -0.25) is 19.7 Å². The number of hydrogen-bond acceptors (Lipinski definition) is 11. The maximum absolute atomic E-state index is 13.6. The lowest BCUT2D eigenvalue weighted by Crippen LogP contribution is -2.33. The number of benzene rings is 3. The Bertz CT molecular complexity index is 1680. The fourth-order valence-corrected chi connectivity index (χ4v) is 5.16. The predicted octanol–water partition coefficient (Wildman–Crippen LogP) is 4.99. The minimum Gasteiger partial charge on any atom is -0.490 e. The third-order valence-corrected chi connectivity index (χ3v) is 7.16. The van der Waals surface area contributed by atoms with Gasteiger partial charge in [0.1, 0.15) is 37.9 Å². The van der Waals surface area contributed by atoms with E-state index in [9.17, 15) is 29.3 Å². The summed E-state index contributed by atoms with van der Waals surface area (Å²) < 4.78 is 22.4. The molecule has 2 amide bonds. The van der Waals surface area contributed by atoms with E-state index in [1.54, 1.807) is 68.4 Å². The second-order valence-corrected chi connectivity index (χ2v) is 10.8. The molecule has 14 heteroatoms. The molecule has 3 aromatic rings. The molecule has 14 nitrogen and oxygen atoms in total. The SMILES string of the molecule is CC(=O)Nc1ccc(OCCOC(=O)C2=C(C)NC(C)=C(C(=O)OCCOc3ccc(NC(C)=O)cc3)C2c2ccccc2[N+](=O)[O-])cc1. The van der Waals surface area contributed by atoms with E-state index in [4.69, 9.17) is 18.9 Å². The number of nitro benzene ring substituents is 1. The molecule has 256 valence electrons. The summed E-state index contributed by atoms with van der Waals surface area (Å²) in [5.41, 5.74) is 1.72. The molecule has 3 aromatic carbocycles. The molecule has 1 heterocycles. The first-order valence-corrected chi connectivity index (χ1v) is 15.2. The summed E-state index contributed by atoms with van der Waals surface area (Å²) in [6.07, 6.45) is 0. The third kappa shape index (κ3) is 9.67. The fourth-order valence-electron chi connectivity index (χ4n) is 5.16. The van der Waals surface area contributed by atoms with Crippen molar-refractivity contribution in [1.82, 2.24) is 5.32 Å². The number of dihydropyridines is 1. The molecule has 1 aliphatic rings. The van der Waals surface area contributed by atoms with Gasteiger partial charge in [0.2, 0.25) is 11.8 Å². The van der Waals surface area contributed by atoms with Gasteiger partial charge in [-0.25, -0.2) is 9.59 Å². The van der Waals surface area contributed by atoms with Crippen LogP contribution in [0, 0.1) is 10.1 Å². The average Bonchev–Trinajstić information content (AvgIpc) is 3.05. The zero-order valence-electron chi connectivity index (χ0n) is 27.4. The smallest absolute Gasteiger partial charge is 0.336 e. The standard InChI is InChI=1S/C35H36N4O10/c1-21-31(34(42)48-19-17-46-27-13-9-25(10-14-27)37-23(3)40)33(29-7-5-6-8-30(29)39(44)45)32(22(2)36-21)35(43)49-20-18-47-28-15-11-26(12-16-28)38-24(4)41/h5-16,33,36H,17-20H2,1-4H3,(H,37,40)(H,38,41). The highest BCUT2D eigenvalue weighted by Crippen LogP contribution is 2.42. The van der Waals surface area contributed by atoms with Crippen LogP contribution in [0.3, 0.4) is 0 Å². The number of para-hydroxylation sites is 1. The second-order valence-electron chi connectivity index (χ2n) is 10.8. The van der Waals surface area contributed by atoms with Gasteiger partial charge in [0.25, 0.3) is 5.69 Å². The summed E-state index contributed by atoms with van der Waals surface area (Å²) in [7, 11) is 0. The van der Waals surface area contributed by atoms with Crippen molar-refractivity contribution in [3.63, 3.8) is 0 Å². The van der Waals surface area contributed by atoms with E-state index in [1.807, 2.05) is 0 Å². The number of anilines is 2. The minimum absolute atomic E-state index is 0.00187. The van der Waals surface area contributed by atoms with Gasteiger partial charge in [-0.1, -0.05) is 18.2 Å². The summed E-state index contributed by atoms with van der Waals surface area (Å²) in [6.45, 7) is 5.66. The first-order chi connectivity index (χ1) is 23.4. The lowest BCUT2D eigenvalue weighted by atomic mass is 9.79. The van der Waals surface area contributed by atoms with Gasteiger partial charge in [0.15, 0.2) is 0 Å². The minimum atomic E-state index is -1.19. The number of carbonyl (C=O) groups is 4. The Labute approximate surface area is 282 Å². The highest BCUT2D eigenvalue weighted by Gasteiger charge is 2.41. The van der Waals surface area contributed by atoms with Crippen molar-refractivity contribution >= 4 is 40.8 Å². The number of nitro groups is 1. The van der Waals surface area contributed by atoms with Crippen LogP contribution in [-0.4, -0.2) is 55.1 Å². The van der Waals surface area contributed by atoms with Crippen LogP contribution in [0.1, 0.15) is 39.2 Å². The van der Waals surface area contributed by atoms with Gasteiger partial charge < -0.3 is 34.9 Å². The average molecular weight is 673 g/mol. The van der Waals surface area contributed by atoms with E-state index >= 15 is 0 Å². The molecule has 0 bridgehead atoms. The van der Waals surface area contributed by atoms with E-state index in [0.717, 1.165) is 0 Å². The van der Waals surface area contributed by atoms with E-state index in [1.165, 1.54) is 32.0 Å². The fraction of sp³-hybridized carbons (Fsp3) is 0.257. The monoisotopic (exact) mass is 672 g/mol. The molecule has 0 saturated carbocycles. The maximum Gasteiger partial charge on any atom is 0.336 e. The van der Waals surface area contributed by atoms with Crippen LogP contribution in [-0.2, 0) is 28.7 Å². The summed E-state index contributed by atoms with van der Waals surface area (Å²) in [5.74, 6) is -2.25. The Hall–Kier alpha value is -6.18. The van der Waals surface area contributed by atoms with Crippen molar-refractivity contribution in [3.8, 4) is 11.5 Å². The Kier molecular flexibility index (Phi) is 12.1.